The van der Waals surface area contributed by atoms with Gasteiger partial charge in [-0.2, -0.15) is 0 Å². The minimum atomic E-state index is 0.696. The van der Waals surface area contributed by atoms with Crippen LogP contribution in [0.15, 0.2) is 18.8 Å². The van der Waals surface area contributed by atoms with Crippen LogP contribution in [0.5, 0.6) is 0 Å². The Morgan fingerprint density at radius 2 is 2.14 bits per heavy atom. The van der Waals surface area contributed by atoms with Crippen LogP contribution in [0, 0.1) is 5.92 Å². The summed E-state index contributed by atoms with van der Waals surface area (Å²) in [6.45, 7) is 9.48. The van der Waals surface area contributed by atoms with E-state index >= 15 is 0 Å². The maximum atomic E-state index is 4.49. The topological polar surface area (TPSA) is 24.9 Å². The molecule has 0 radical (unpaired) electrons. The molecular formula is C19H30N2. The number of nitrogens with one attached hydrogen (secondary N) is 1. The number of hydrogen-bond donors (Lipinski definition) is 1. The zero-order valence-electron chi connectivity index (χ0n) is 13.7. The summed E-state index contributed by atoms with van der Waals surface area (Å²) in [5, 5.41) is 3.76. The molecule has 116 valence electrons. The highest BCUT2D eigenvalue weighted by atomic mass is 14.9. The number of nitrogens with zero attached hydrogens (tertiary/aromatic N) is 1. The van der Waals surface area contributed by atoms with Gasteiger partial charge in [0.05, 0.1) is 5.69 Å². The maximum Gasteiger partial charge on any atom is 0.0659 e. The molecule has 1 saturated carbocycles. The van der Waals surface area contributed by atoms with E-state index in [0.29, 0.717) is 12.0 Å². The molecule has 2 heteroatoms. The molecule has 1 aliphatic rings. The van der Waals surface area contributed by atoms with E-state index in [0.717, 1.165) is 18.7 Å². The summed E-state index contributed by atoms with van der Waals surface area (Å²) >= 11 is 0. The fraction of sp³-hybridized carbons (Fsp3) is 0.632. The van der Waals surface area contributed by atoms with Crippen molar-refractivity contribution in [2.24, 2.45) is 5.92 Å². The van der Waals surface area contributed by atoms with Gasteiger partial charge in [-0.25, -0.2) is 0 Å². The van der Waals surface area contributed by atoms with Gasteiger partial charge in [-0.3, -0.25) is 4.98 Å². The SMILES string of the molecule is C=Cc1nccc(CNC2CCCCC2)c1CC(C)CC. The molecule has 1 aliphatic carbocycles. The quantitative estimate of drug-likeness (QED) is 0.783. The van der Waals surface area contributed by atoms with Crippen molar-refractivity contribution in [1.29, 1.82) is 0 Å². The first-order chi connectivity index (χ1) is 10.2. The minimum Gasteiger partial charge on any atom is -0.310 e. The predicted molar refractivity (Wildman–Crippen MR) is 91.2 cm³/mol. The standard InChI is InChI=1S/C19H30N2/c1-4-15(3)13-18-16(11-12-20-19(18)5-2)14-21-17-9-7-6-8-10-17/h5,11-12,15,17,21H,2,4,6-10,13-14H2,1,3H3. The van der Waals surface area contributed by atoms with Crippen molar-refractivity contribution in [3.8, 4) is 0 Å². The molecule has 0 spiro atoms. The van der Waals surface area contributed by atoms with Crippen molar-refractivity contribution in [3.63, 3.8) is 0 Å². The first-order valence-electron chi connectivity index (χ1n) is 8.57. The largest absolute Gasteiger partial charge is 0.310 e. The summed E-state index contributed by atoms with van der Waals surface area (Å²) in [4.78, 5) is 4.49. The molecule has 0 amide bonds. The van der Waals surface area contributed by atoms with Crippen LogP contribution < -0.4 is 5.32 Å². The molecule has 0 bridgehead atoms. The van der Waals surface area contributed by atoms with Crippen molar-refractivity contribution in [2.75, 3.05) is 0 Å². The molecule has 0 saturated heterocycles. The Morgan fingerprint density at radius 3 is 2.81 bits per heavy atom. The van der Waals surface area contributed by atoms with E-state index in [1.807, 2.05) is 12.3 Å². The van der Waals surface area contributed by atoms with Crippen LogP contribution >= 0.6 is 0 Å². The molecule has 2 rings (SSSR count). The maximum absolute atomic E-state index is 4.49. The molecule has 2 nitrogen and oxygen atoms in total. The van der Waals surface area contributed by atoms with Crippen molar-refractivity contribution >= 4 is 6.08 Å². The molecule has 0 aromatic carbocycles. The van der Waals surface area contributed by atoms with Crippen molar-refractivity contribution < 1.29 is 0 Å². The Balaban J connectivity index is 2.07. The van der Waals surface area contributed by atoms with Gasteiger partial charge < -0.3 is 5.32 Å². The lowest BCUT2D eigenvalue weighted by atomic mass is 9.92. The smallest absolute Gasteiger partial charge is 0.0659 e. The second-order valence-electron chi connectivity index (χ2n) is 6.47. The van der Waals surface area contributed by atoms with E-state index in [1.54, 1.807) is 0 Å². The van der Waals surface area contributed by atoms with Gasteiger partial charge in [0.1, 0.15) is 0 Å². The Bertz CT molecular complexity index is 447. The number of hydrogen-bond acceptors (Lipinski definition) is 2. The van der Waals surface area contributed by atoms with E-state index in [4.69, 9.17) is 0 Å². The van der Waals surface area contributed by atoms with E-state index in [-0.39, 0.29) is 0 Å². The minimum absolute atomic E-state index is 0.696. The molecule has 0 aliphatic heterocycles. The number of rotatable bonds is 7. The lowest BCUT2D eigenvalue weighted by Gasteiger charge is -2.24. The van der Waals surface area contributed by atoms with E-state index < -0.39 is 0 Å². The Hall–Kier alpha value is -1.15. The second-order valence-corrected chi connectivity index (χ2v) is 6.47. The fourth-order valence-corrected chi connectivity index (χ4v) is 3.18. The third-order valence-corrected chi connectivity index (χ3v) is 4.82. The Labute approximate surface area is 130 Å². The lowest BCUT2D eigenvalue weighted by Crippen LogP contribution is -2.31. The lowest BCUT2D eigenvalue weighted by molar-refractivity contribution is 0.371. The van der Waals surface area contributed by atoms with Gasteiger partial charge >= 0.3 is 0 Å². The number of pyridine rings is 1. The zero-order chi connectivity index (χ0) is 15.1. The van der Waals surface area contributed by atoms with Crippen LogP contribution in [-0.4, -0.2) is 11.0 Å². The normalized spacial score (nSPS) is 17.6. The van der Waals surface area contributed by atoms with Gasteiger partial charge in [0.2, 0.25) is 0 Å². The van der Waals surface area contributed by atoms with E-state index in [2.05, 4.69) is 36.8 Å². The molecule has 1 aromatic rings. The summed E-state index contributed by atoms with van der Waals surface area (Å²) in [5.74, 6) is 0.696. The van der Waals surface area contributed by atoms with E-state index in [9.17, 15) is 0 Å². The Kier molecular flexibility index (Phi) is 6.44. The summed E-state index contributed by atoms with van der Waals surface area (Å²) in [6, 6.07) is 2.89. The van der Waals surface area contributed by atoms with Gasteiger partial charge in [-0.15, -0.1) is 0 Å². The highest BCUT2D eigenvalue weighted by Gasteiger charge is 2.15. The van der Waals surface area contributed by atoms with Gasteiger partial charge in [0.15, 0.2) is 0 Å². The Morgan fingerprint density at radius 1 is 1.38 bits per heavy atom. The van der Waals surface area contributed by atoms with Gasteiger partial charge in [-0.05, 0) is 48.4 Å². The summed E-state index contributed by atoms with van der Waals surface area (Å²) in [6.07, 6.45) is 13.0. The van der Waals surface area contributed by atoms with Crippen LogP contribution in [-0.2, 0) is 13.0 Å². The molecule has 1 N–H and O–H groups in total. The summed E-state index contributed by atoms with van der Waals surface area (Å²) < 4.78 is 0. The molecule has 21 heavy (non-hydrogen) atoms. The average molecular weight is 286 g/mol. The zero-order valence-corrected chi connectivity index (χ0v) is 13.7. The molecule has 1 unspecified atom stereocenters. The summed E-state index contributed by atoms with van der Waals surface area (Å²) in [5.41, 5.74) is 3.87. The van der Waals surface area contributed by atoms with Gasteiger partial charge in [0, 0.05) is 18.8 Å². The van der Waals surface area contributed by atoms with Crippen molar-refractivity contribution in [3.05, 3.63) is 35.7 Å². The average Bonchev–Trinajstić information content (AvgIpc) is 2.54. The first-order valence-corrected chi connectivity index (χ1v) is 8.57. The van der Waals surface area contributed by atoms with Crippen LogP contribution in [0.4, 0.5) is 0 Å². The predicted octanol–water partition coefficient (Wildman–Crippen LogP) is 4.74. The van der Waals surface area contributed by atoms with Crippen LogP contribution in [0.2, 0.25) is 0 Å². The van der Waals surface area contributed by atoms with Crippen molar-refractivity contribution in [2.45, 2.75) is 71.4 Å². The van der Waals surface area contributed by atoms with Crippen LogP contribution in [0.1, 0.15) is 69.2 Å². The highest BCUT2D eigenvalue weighted by molar-refractivity contribution is 5.49. The highest BCUT2D eigenvalue weighted by Crippen LogP contribution is 2.22. The molecule has 1 aromatic heterocycles. The van der Waals surface area contributed by atoms with Gasteiger partial charge in [0.25, 0.3) is 0 Å². The third kappa shape index (κ3) is 4.67. The monoisotopic (exact) mass is 286 g/mol. The fourth-order valence-electron chi connectivity index (χ4n) is 3.18. The first kappa shape index (κ1) is 16.2. The summed E-state index contributed by atoms with van der Waals surface area (Å²) in [7, 11) is 0. The van der Waals surface area contributed by atoms with Gasteiger partial charge in [-0.1, -0.05) is 46.1 Å². The third-order valence-electron chi connectivity index (χ3n) is 4.82. The molecular weight excluding hydrogens is 256 g/mol. The second kappa shape index (κ2) is 8.33. The molecule has 1 heterocycles. The molecule has 1 fully saturated rings. The van der Waals surface area contributed by atoms with E-state index in [1.165, 1.54) is 49.7 Å². The van der Waals surface area contributed by atoms with Crippen molar-refractivity contribution in [1.82, 2.24) is 10.3 Å². The molecule has 1 atom stereocenters. The number of aromatic nitrogens is 1. The van der Waals surface area contributed by atoms with Crippen LogP contribution in [0.25, 0.3) is 6.08 Å². The van der Waals surface area contributed by atoms with Crippen LogP contribution in [0.3, 0.4) is 0 Å².